The van der Waals surface area contributed by atoms with Crippen molar-refractivity contribution in [3.8, 4) is 0 Å². The Morgan fingerprint density at radius 3 is 1.68 bits per heavy atom. The third-order valence-electron chi connectivity index (χ3n) is 4.15. The molecule has 0 spiro atoms. The SMILES string of the molecule is Cc1cc(C)c(/C=N\N=C/c2cc(C)c(C)c(C)c2)c(C)c1. The van der Waals surface area contributed by atoms with Crippen molar-refractivity contribution in [2.45, 2.75) is 41.5 Å². The predicted molar refractivity (Wildman–Crippen MR) is 96.5 cm³/mol. The summed E-state index contributed by atoms with van der Waals surface area (Å²) in [5, 5.41) is 8.41. The number of hydrogen-bond acceptors (Lipinski definition) is 2. The van der Waals surface area contributed by atoms with Gasteiger partial charge in [0.15, 0.2) is 0 Å². The van der Waals surface area contributed by atoms with Gasteiger partial charge >= 0.3 is 0 Å². The van der Waals surface area contributed by atoms with Crippen LogP contribution in [0.25, 0.3) is 0 Å². The van der Waals surface area contributed by atoms with Gasteiger partial charge in [-0.05, 0) is 74.9 Å². The van der Waals surface area contributed by atoms with Crippen LogP contribution in [0.1, 0.15) is 44.5 Å². The summed E-state index contributed by atoms with van der Waals surface area (Å²) in [6.07, 6.45) is 3.66. The van der Waals surface area contributed by atoms with Crippen LogP contribution < -0.4 is 0 Å². The average molecular weight is 292 g/mol. The molecule has 114 valence electrons. The molecule has 0 bridgehead atoms. The van der Waals surface area contributed by atoms with Gasteiger partial charge in [-0.25, -0.2) is 0 Å². The number of aryl methyl sites for hydroxylation is 5. The third kappa shape index (κ3) is 3.70. The minimum absolute atomic E-state index is 1.09. The van der Waals surface area contributed by atoms with Crippen molar-refractivity contribution in [1.29, 1.82) is 0 Å². The maximum absolute atomic E-state index is 4.21. The highest BCUT2D eigenvalue weighted by atomic mass is 15.2. The van der Waals surface area contributed by atoms with Gasteiger partial charge in [-0.15, -0.1) is 0 Å². The van der Waals surface area contributed by atoms with Crippen LogP contribution in [-0.4, -0.2) is 12.4 Å². The fourth-order valence-corrected chi connectivity index (χ4v) is 2.73. The molecule has 0 aromatic heterocycles. The highest BCUT2D eigenvalue weighted by Gasteiger charge is 2.01. The first-order chi connectivity index (χ1) is 10.4. The van der Waals surface area contributed by atoms with Crippen molar-refractivity contribution in [2.24, 2.45) is 10.2 Å². The zero-order valence-corrected chi connectivity index (χ0v) is 14.4. The first-order valence-corrected chi connectivity index (χ1v) is 7.60. The van der Waals surface area contributed by atoms with Gasteiger partial charge in [0.2, 0.25) is 0 Å². The first-order valence-electron chi connectivity index (χ1n) is 7.60. The Morgan fingerprint density at radius 2 is 1.14 bits per heavy atom. The number of nitrogens with zero attached hydrogens (tertiary/aromatic N) is 2. The summed E-state index contributed by atoms with van der Waals surface area (Å²) in [4.78, 5) is 0. The highest BCUT2D eigenvalue weighted by molar-refractivity contribution is 5.85. The second kappa shape index (κ2) is 6.69. The lowest BCUT2D eigenvalue weighted by atomic mass is 10.0. The van der Waals surface area contributed by atoms with Gasteiger partial charge < -0.3 is 0 Å². The lowest BCUT2D eigenvalue weighted by Crippen LogP contribution is -1.93. The standard InChI is InChI=1S/C20H24N2/c1-13-7-16(4)20(17(5)8-13)12-22-21-11-19-9-14(2)18(6)15(3)10-19/h7-12H,1-6H3/b21-11-,22-12-. The fraction of sp³-hybridized carbons (Fsp3) is 0.300. The number of rotatable bonds is 3. The van der Waals surface area contributed by atoms with E-state index >= 15 is 0 Å². The summed E-state index contributed by atoms with van der Waals surface area (Å²) < 4.78 is 0. The van der Waals surface area contributed by atoms with E-state index in [4.69, 9.17) is 0 Å². The Hall–Kier alpha value is -2.22. The molecule has 2 rings (SSSR count). The van der Waals surface area contributed by atoms with Gasteiger partial charge in [0.05, 0.1) is 12.4 Å². The Labute approximate surface area is 133 Å². The Bertz CT molecular complexity index is 706. The molecule has 0 N–H and O–H groups in total. The van der Waals surface area contributed by atoms with Crippen LogP contribution in [0, 0.1) is 41.5 Å². The lowest BCUT2D eigenvalue weighted by Gasteiger charge is -2.06. The van der Waals surface area contributed by atoms with Crippen LogP contribution in [0.2, 0.25) is 0 Å². The summed E-state index contributed by atoms with van der Waals surface area (Å²) in [5.74, 6) is 0. The van der Waals surface area contributed by atoms with E-state index in [2.05, 4.69) is 76.0 Å². The number of hydrogen-bond donors (Lipinski definition) is 0. The number of benzene rings is 2. The van der Waals surface area contributed by atoms with Crippen LogP contribution >= 0.6 is 0 Å². The van der Waals surface area contributed by atoms with Crippen LogP contribution in [0.15, 0.2) is 34.5 Å². The van der Waals surface area contributed by atoms with Gasteiger partial charge in [0.25, 0.3) is 0 Å². The normalized spacial score (nSPS) is 11.7. The van der Waals surface area contributed by atoms with Crippen LogP contribution in [0.5, 0.6) is 0 Å². The molecule has 0 amide bonds. The van der Waals surface area contributed by atoms with Crippen molar-refractivity contribution in [2.75, 3.05) is 0 Å². The molecule has 0 aliphatic heterocycles. The fourth-order valence-electron chi connectivity index (χ4n) is 2.73. The molecular weight excluding hydrogens is 268 g/mol. The second-order valence-electron chi connectivity index (χ2n) is 6.08. The van der Waals surface area contributed by atoms with E-state index in [9.17, 15) is 0 Å². The molecule has 2 nitrogen and oxygen atoms in total. The average Bonchev–Trinajstić information content (AvgIpc) is 2.42. The molecule has 0 fully saturated rings. The molecule has 2 aromatic carbocycles. The molecule has 0 saturated heterocycles. The van der Waals surface area contributed by atoms with E-state index in [1.807, 2.05) is 12.4 Å². The van der Waals surface area contributed by atoms with Crippen molar-refractivity contribution >= 4 is 12.4 Å². The van der Waals surface area contributed by atoms with E-state index in [-0.39, 0.29) is 0 Å². The van der Waals surface area contributed by atoms with E-state index in [0.29, 0.717) is 0 Å². The molecule has 0 radical (unpaired) electrons. The highest BCUT2D eigenvalue weighted by Crippen LogP contribution is 2.15. The smallest absolute Gasteiger partial charge is 0.0573 e. The minimum Gasteiger partial charge on any atom is -0.159 e. The lowest BCUT2D eigenvalue weighted by molar-refractivity contribution is 1.23. The molecular formula is C20H24N2. The van der Waals surface area contributed by atoms with Gasteiger partial charge in [0, 0.05) is 5.56 Å². The largest absolute Gasteiger partial charge is 0.159 e. The second-order valence-corrected chi connectivity index (χ2v) is 6.08. The summed E-state index contributed by atoms with van der Waals surface area (Å²) in [5.41, 5.74) is 9.91. The van der Waals surface area contributed by atoms with Crippen molar-refractivity contribution < 1.29 is 0 Å². The topological polar surface area (TPSA) is 24.7 Å². The van der Waals surface area contributed by atoms with Crippen molar-refractivity contribution in [1.82, 2.24) is 0 Å². The monoisotopic (exact) mass is 292 g/mol. The molecule has 0 aliphatic rings. The summed E-state index contributed by atoms with van der Waals surface area (Å²) in [6.45, 7) is 12.7. The molecule has 0 unspecified atom stereocenters. The summed E-state index contributed by atoms with van der Waals surface area (Å²) in [7, 11) is 0. The van der Waals surface area contributed by atoms with Crippen LogP contribution in [-0.2, 0) is 0 Å². The maximum Gasteiger partial charge on any atom is 0.0573 e. The molecule has 0 atom stereocenters. The third-order valence-corrected chi connectivity index (χ3v) is 4.15. The van der Waals surface area contributed by atoms with Gasteiger partial charge in [-0.3, -0.25) is 0 Å². The van der Waals surface area contributed by atoms with E-state index in [1.165, 1.54) is 33.4 Å². The van der Waals surface area contributed by atoms with Gasteiger partial charge in [-0.1, -0.05) is 29.8 Å². The Kier molecular flexibility index (Phi) is 4.92. The van der Waals surface area contributed by atoms with Gasteiger partial charge in [-0.2, -0.15) is 10.2 Å². The molecule has 2 aromatic rings. The maximum atomic E-state index is 4.21. The molecule has 0 aliphatic carbocycles. The molecule has 0 saturated carbocycles. The molecule has 22 heavy (non-hydrogen) atoms. The first kappa shape index (κ1) is 16.2. The summed E-state index contributed by atoms with van der Waals surface area (Å²) >= 11 is 0. The van der Waals surface area contributed by atoms with E-state index in [0.717, 1.165) is 11.1 Å². The summed E-state index contributed by atoms with van der Waals surface area (Å²) in [6, 6.07) is 8.63. The predicted octanol–water partition coefficient (Wildman–Crippen LogP) is 4.99. The quantitative estimate of drug-likeness (QED) is 0.562. The van der Waals surface area contributed by atoms with Crippen LogP contribution in [0.3, 0.4) is 0 Å². The van der Waals surface area contributed by atoms with Crippen LogP contribution in [0.4, 0.5) is 0 Å². The van der Waals surface area contributed by atoms with Gasteiger partial charge in [0.1, 0.15) is 0 Å². The Morgan fingerprint density at radius 1 is 0.636 bits per heavy atom. The molecule has 0 heterocycles. The molecule has 2 heteroatoms. The van der Waals surface area contributed by atoms with E-state index in [1.54, 1.807) is 0 Å². The van der Waals surface area contributed by atoms with Crippen molar-refractivity contribution in [3.05, 3.63) is 68.8 Å². The zero-order valence-electron chi connectivity index (χ0n) is 14.4. The Balaban J connectivity index is 2.19. The zero-order chi connectivity index (χ0) is 16.3. The van der Waals surface area contributed by atoms with Crippen molar-refractivity contribution in [3.63, 3.8) is 0 Å². The van der Waals surface area contributed by atoms with E-state index < -0.39 is 0 Å². The minimum atomic E-state index is 1.09.